The van der Waals surface area contributed by atoms with E-state index in [9.17, 15) is 9.59 Å². The van der Waals surface area contributed by atoms with Gasteiger partial charge in [-0.3, -0.25) is 4.79 Å². The first kappa shape index (κ1) is 18.0. The van der Waals surface area contributed by atoms with E-state index in [1.165, 1.54) is 0 Å². The van der Waals surface area contributed by atoms with E-state index >= 15 is 0 Å². The van der Waals surface area contributed by atoms with Crippen molar-refractivity contribution in [1.29, 1.82) is 0 Å². The zero-order valence-electron chi connectivity index (χ0n) is 11.9. The monoisotopic (exact) mass is 421 g/mol. The molecule has 5 nitrogen and oxygen atoms in total. The summed E-state index contributed by atoms with van der Waals surface area (Å²) >= 11 is 6.70. The molecule has 0 aromatic heterocycles. The fourth-order valence-corrected chi connectivity index (χ4v) is 2.25. The first-order chi connectivity index (χ1) is 9.58. The molecule has 0 aliphatic rings. The van der Waals surface area contributed by atoms with Gasteiger partial charge in [-0.2, -0.15) is 0 Å². The Morgan fingerprint density at radius 1 is 1.29 bits per heavy atom. The van der Waals surface area contributed by atoms with Crippen molar-refractivity contribution >= 4 is 43.9 Å². The van der Waals surface area contributed by atoms with Gasteiger partial charge < -0.3 is 15.2 Å². The number of carbonyl (C=O) groups is 2. The second kappa shape index (κ2) is 7.26. The lowest BCUT2D eigenvalue weighted by Crippen LogP contribution is -2.35. The van der Waals surface area contributed by atoms with Crippen molar-refractivity contribution in [2.75, 3.05) is 0 Å². The van der Waals surface area contributed by atoms with Gasteiger partial charge in [-0.05, 0) is 70.3 Å². The number of benzene rings is 1. The molecule has 0 heterocycles. The fraction of sp³-hybridized carbons (Fsp3) is 0.429. The van der Waals surface area contributed by atoms with Crippen LogP contribution in [0.3, 0.4) is 0 Å². The van der Waals surface area contributed by atoms with Gasteiger partial charge in [-0.1, -0.05) is 6.07 Å². The highest BCUT2D eigenvalue weighted by molar-refractivity contribution is 9.13. The van der Waals surface area contributed by atoms with E-state index in [2.05, 4.69) is 37.2 Å². The molecule has 0 aliphatic carbocycles. The van der Waals surface area contributed by atoms with Gasteiger partial charge in [-0.15, -0.1) is 0 Å². The van der Waals surface area contributed by atoms with E-state index in [0.717, 1.165) is 8.95 Å². The molecule has 1 rings (SSSR count). The fourth-order valence-electron chi connectivity index (χ4n) is 1.61. The summed E-state index contributed by atoms with van der Waals surface area (Å²) in [5.41, 5.74) is 0.0383. The number of hydrogen-bond acceptors (Lipinski definition) is 3. The number of rotatable bonds is 4. The van der Waals surface area contributed by atoms with Gasteiger partial charge in [0.05, 0.1) is 12.5 Å². The molecule has 21 heavy (non-hydrogen) atoms. The second-order valence-electron chi connectivity index (χ2n) is 5.47. The Balaban J connectivity index is 2.92. The summed E-state index contributed by atoms with van der Waals surface area (Å²) in [4.78, 5) is 22.8. The molecule has 0 aliphatic heterocycles. The van der Waals surface area contributed by atoms with E-state index in [0.29, 0.717) is 5.56 Å². The Labute approximate surface area is 140 Å². The predicted octanol–water partition coefficient (Wildman–Crippen LogP) is 4.25. The third kappa shape index (κ3) is 6.48. The van der Waals surface area contributed by atoms with E-state index in [4.69, 9.17) is 9.84 Å². The number of halogens is 2. The van der Waals surface area contributed by atoms with Crippen LogP contribution in [0.2, 0.25) is 0 Å². The highest BCUT2D eigenvalue weighted by Gasteiger charge is 2.22. The molecule has 0 radical (unpaired) electrons. The zero-order valence-corrected chi connectivity index (χ0v) is 15.1. The number of hydrogen-bond donors (Lipinski definition) is 2. The average Bonchev–Trinajstić information content (AvgIpc) is 2.28. The molecule has 0 bridgehead atoms. The van der Waals surface area contributed by atoms with Crippen molar-refractivity contribution < 1.29 is 19.4 Å². The standard InChI is InChI=1S/C14H17Br2NO4/c1-14(2,3)21-13(20)17-11(7-12(18)19)8-4-5-9(15)10(16)6-8/h4-6,11H,7H2,1-3H3,(H,17,20)(H,18,19)/t11-/m1/s1. The van der Waals surface area contributed by atoms with E-state index in [1.807, 2.05) is 0 Å². The summed E-state index contributed by atoms with van der Waals surface area (Å²) in [6.07, 6.45) is -0.874. The van der Waals surface area contributed by atoms with Gasteiger partial charge >= 0.3 is 12.1 Å². The quantitative estimate of drug-likeness (QED) is 0.760. The highest BCUT2D eigenvalue weighted by atomic mass is 79.9. The lowest BCUT2D eigenvalue weighted by molar-refractivity contribution is -0.137. The number of carboxylic acid groups (broad SMARTS) is 1. The predicted molar refractivity (Wildman–Crippen MR) is 86.2 cm³/mol. The molecule has 0 saturated heterocycles. The van der Waals surface area contributed by atoms with E-state index < -0.39 is 23.7 Å². The summed E-state index contributed by atoms with van der Waals surface area (Å²) in [6.45, 7) is 5.24. The number of carboxylic acids is 1. The van der Waals surface area contributed by atoms with Crippen LogP contribution in [0.5, 0.6) is 0 Å². The van der Waals surface area contributed by atoms with E-state index in [-0.39, 0.29) is 6.42 Å². The maximum atomic E-state index is 11.8. The largest absolute Gasteiger partial charge is 0.481 e. The summed E-state index contributed by atoms with van der Waals surface area (Å²) in [7, 11) is 0. The van der Waals surface area contributed by atoms with Crippen molar-refractivity contribution in [3.05, 3.63) is 32.7 Å². The van der Waals surface area contributed by atoms with Crippen LogP contribution in [0.4, 0.5) is 4.79 Å². The molecular weight excluding hydrogens is 406 g/mol. The van der Waals surface area contributed by atoms with Crippen LogP contribution in [0.1, 0.15) is 38.8 Å². The van der Waals surface area contributed by atoms with Crippen molar-refractivity contribution in [3.63, 3.8) is 0 Å². The van der Waals surface area contributed by atoms with Gasteiger partial charge in [0, 0.05) is 8.95 Å². The van der Waals surface area contributed by atoms with Crippen molar-refractivity contribution in [3.8, 4) is 0 Å². The first-order valence-electron chi connectivity index (χ1n) is 6.25. The maximum Gasteiger partial charge on any atom is 0.408 e. The molecular formula is C14H17Br2NO4. The minimum Gasteiger partial charge on any atom is -0.481 e. The van der Waals surface area contributed by atoms with Crippen LogP contribution in [0, 0.1) is 0 Å². The average molecular weight is 423 g/mol. The third-order valence-corrected chi connectivity index (χ3v) is 4.30. The van der Waals surface area contributed by atoms with Gasteiger partial charge in [0.2, 0.25) is 0 Å². The molecule has 1 amide bonds. The van der Waals surface area contributed by atoms with E-state index in [1.54, 1.807) is 39.0 Å². The molecule has 0 unspecified atom stereocenters. The molecule has 1 atom stereocenters. The minimum atomic E-state index is -1.00. The number of amides is 1. The van der Waals surface area contributed by atoms with Gasteiger partial charge in [0.15, 0.2) is 0 Å². The SMILES string of the molecule is CC(C)(C)OC(=O)N[C@H](CC(=O)O)c1ccc(Br)c(Br)c1. The molecule has 1 aromatic carbocycles. The van der Waals surface area contributed by atoms with Crippen LogP contribution in [0.25, 0.3) is 0 Å². The second-order valence-corrected chi connectivity index (χ2v) is 7.18. The Morgan fingerprint density at radius 3 is 2.38 bits per heavy atom. The third-order valence-electron chi connectivity index (χ3n) is 2.42. The molecule has 7 heteroatoms. The topological polar surface area (TPSA) is 75.6 Å². The molecule has 0 fully saturated rings. The molecule has 2 N–H and O–H groups in total. The van der Waals surface area contributed by atoms with Gasteiger partial charge in [0.25, 0.3) is 0 Å². The molecule has 116 valence electrons. The van der Waals surface area contributed by atoms with Gasteiger partial charge in [0.1, 0.15) is 5.60 Å². The smallest absolute Gasteiger partial charge is 0.408 e. The first-order valence-corrected chi connectivity index (χ1v) is 7.83. The maximum absolute atomic E-state index is 11.8. The van der Waals surface area contributed by atoms with Crippen molar-refractivity contribution in [1.82, 2.24) is 5.32 Å². The van der Waals surface area contributed by atoms with Crippen LogP contribution in [-0.4, -0.2) is 22.8 Å². The van der Waals surface area contributed by atoms with Crippen LogP contribution in [-0.2, 0) is 9.53 Å². The molecule has 0 saturated carbocycles. The molecule has 0 spiro atoms. The van der Waals surface area contributed by atoms with Crippen LogP contribution < -0.4 is 5.32 Å². The summed E-state index contributed by atoms with van der Waals surface area (Å²) in [6, 6.07) is 4.63. The Morgan fingerprint density at radius 2 is 1.90 bits per heavy atom. The summed E-state index contributed by atoms with van der Waals surface area (Å²) in [5.74, 6) is -1.00. The minimum absolute atomic E-state index is 0.229. The lowest BCUT2D eigenvalue weighted by Gasteiger charge is -2.23. The number of carbonyl (C=O) groups excluding carboxylic acids is 1. The van der Waals surface area contributed by atoms with Crippen LogP contribution in [0.15, 0.2) is 27.1 Å². The number of ether oxygens (including phenoxy) is 1. The lowest BCUT2D eigenvalue weighted by atomic mass is 10.0. The number of aliphatic carboxylic acids is 1. The van der Waals surface area contributed by atoms with Gasteiger partial charge in [-0.25, -0.2) is 4.79 Å². The summed E-state index contributed by atoms with van der Waals surface area (Å²) in [5, 5.41) is 11.6. The number of alkyl carbamates (subject to hydrolysis) is 1. The Bertz CT molecular complexity index is 540. The van der Waals surface area contributed by atoms with Crippen molar-refractivity contribution in [2.24, 2.45) is 0 Å². The molecule has 1 aromatic rings. The number of nitrogens with one attached hydrogen (secondary N) is 1. The normalized spacial score (nSPS) is 12.6. The highest BCUT2D eigenvalue weighted by Crippen LogP contribution is 2.28. The Hall–Kier alpha value is -1.08. The Kier molecular flexibility index (Phi) is 6.22. The summed E-state index contributed by atoms with van der Waals surface area (Å²) < 4.78 is 6.79. The van der Waals surface area contributed by atoms with Crippen LogP contribution >= 0.6 is 31.9 Å². The zero-order chi connectivity index (χ0) is 16.2. The van der Waals surface area contributed by atoms with Crippen molar-refractivity contribution in [2.45, 2.75) is 38.8 Å².